The van der Waals surface area contributed by atoms with Crippen LogP contribution in [-0.4, -0.2) is 36.0 Å². The van der Waals surface area contributed by atoms with Crippen LogP contribution in [0.25, 0.3) is 0 Å². The van der Waals surface area contributed by atoms with Gasteiger partial charge in [-0.1, -0.05) is 6.92 Å². The summed E-state index contributed by atoms with van der Waals surface area (Å²) in [7, 11) is -3.88. The van der Waals surface area contributed by atoms with Gasteiger partial charge in [-0.25, -0.2) is 23.1 Å². The summed E-state index contributed by atoms with van der Waals surface area (Å²) in [4.78, 5) is 20.7. The van der Waals surface area contributed by atoms with Gasteiger partial charge < -0.3 is 10.1 Å². The minimum absolute atomic E-state index is 0.00480. The lowest BCUT2D eigenvalue weighted by Gasteiger charge is -2.12. The van der Waals surface area contributed by atoms with Gasteiger partial charge in [0, 0.05) is 22.6 Å². The summed E-state index contributed by atoms with van der Waals surface area (Å²) in [6.07, 6.45) is 0.874. The molecule has 0 atom stereocenters. The molecule has 0 saturated heterocycles. The van der Waals surface area contributed by atoms with Crippen molar-refractivity contribution in [1.29, 1.82) is 0 Å². The highest BCUT2D eigenvalue weighted by atomic mass is 79.9. The van der Waals surface area contributed by atoms with E-state index in [0.29, 0.717) is 39.5 Å². The maximum absolute atomic E-state index is 12.7. The Hall–Kier alpha value is -3.09. The first-order valence-electron chi connectivity index (χ1n) is 10.6. The number of aryl methyl sites for hydroxylation is 2. The van der Waals surface area contributed by atoms with E-state index in [2.05, 4.69) is 41.3 Å². The first-order chi connectivity index (χ1) is 16.6. The fourth-order valence-electron chi connectivity index (χ4n) is 2.98. The Morgan fingerprint density at radius 2 is 1.71 bits per heavy atom. The highest BCUT2D eigenvalue weighted by Gasteiger charge is 2.17. The first-order valence-corrected chi connectivity index (χ1v) is 13.3. The van der Waals surface area contributed by atoms with Crippen molar-refractivity contribution in [1.82, 2.24) is 15.3 Å². The number of carbonyl (C=O) groups excluding carboxylic acids is 1. The number of anilines is 2. The van der Waals surface area contributed by atoms with E-state index in [1.807, 2.05) is 6.92 Å². The molecule has 2 aromatic carbocycles. The molecule has 0 radical (unpaired) electrons. The zero-order chi connectivity index (χ0) is 25.6. The van der Waals surface area contributed by atoms with Crippen molar-refractivity contribution in [2.45, 2.75) is 32.1 Å². The average Bonchev–Trinajstić information content (AvgIpc) is 2.77. The summed E-state index contributed by atoms with van der Waals surface area (Å²) < 4.78 is 33.9. The molecule has 3 N–H and O–H groups in total. The lowest BCUT2D eigenvalue weighted by molar-refractivity contribution is 0.0977. The molecule has 0 spiro atoms. The van der Waals surface area contributed by atoms with Crippen LogP contribution in [-0.2, 0) is 10.0 Å². The summed E-state index contributed by atoms with van der Waals surface area (Å²) in [5, 5.41) is 5.52. The Labute approximate surface area is 217 Å². The quantitative estimate of drug-likeness (QED) is 0.333. The lowest BCUT2D eigenvalue weighted by Crippen LogP contribution is -2.34. The first kappa shape index (κ1) is 26.5. The van der Waals surface area contributed by atoms with Crippen LogP contribution < -0.4 is 20.1 Å². The van der Waals surface area contributed by atoms with Crippen LogP contribution in [0, 0.1) is 13.8 Å². The van der Waals surface area contributed by atoms with Crippen LogP contribution in [0.4, 0.5) is 11.6 Å². The number of amides is 1. The van der Waals surface area contributed by atoms with Gasteiger partial charge in [0.25, 0.3) is 15.9 Å². The second kappa shape index (κ2) is 11.6. The van der Waals surface area contributed by atoms with E-state index in [1.54, 1.807) is 38.1 Å². The molecule has 12 heteroatoms. The molecule has 3 rings (SSSR count). The average molecular weight is 579 g/mol. The molecule has 9 nitrogen and oxygen atoms in total. The highest BCUT2D eigenvalue weighted by Crippen LogP contribution is 2.26. The second-order valence-electron chi connectivity index (χ2n) is 7.51. The van der Waals surface area contributed by atoms with E-state index in [-0.39, 0.29) is 16.0 Å². The Morgan fingerprint density at radius 1 is 1.06 bits per heavy atom. The van der Waals surface area contributed by atoms with Gasteiger partial charge in [0.15, 0.2) is 5.11 Å². The SMILES string of the molecule is CCCOc1ccc(C(=O)NC(=S)Nc2ccc(S(=O)(=O)Nc3nc(C)cc(C)n3)cc2)cc1Br. The second-order valence-corrected chi connectivity index (χ2v) is 10.5. The van der Waals surface area contributed by atoms with Crippen molar-refractivity contribution in [3.8, 4) is 5.75 Å². The van der Waals surface area contributed by atoms with Crippen LogP contribution in [0.3, 0.4) is 0 Å². The summed E-state index contributed by atoms with van der Waals surface area (Å²) >= 11 is 8.62. The van der Waals surface area contributed by atoms with Crippen molar-refractivity contribution in [2.75, 3.05) is 16.6 Å². The van der Waals surface area contributed by atoms with Crippen molar-refractivity contribution in [3.63, 3.8) is 0 Å². The lowest BCUT2D eigenvalue weighted by atomic mass is 10.2. The normalized spacial score (nSPS) is 11.0. The van der Waals surface area contributed by atoms with Crippen LogP contribution in [0.2, 0.25) is 0 Å². The molecule has 184 valence electrons. The van der Waals surface area contributed by atoms with Gasteiger partial charge in [-0.3, -0.25) is 10.1 Å². The third kappa shape index (κ3) is 7.44. The number of thiocarbonyl (C=S) groups is 1. The van der Waals surface area contributed by atoms with Crippen molar-refractivity contribution in [2.24, 2.45) is 0 Å². The zero-order valence-corrected chi connectivity index (χ0v) is 22.5. The minimum Gasteiger partial charge on any atom is -0.492 e. The third-order valence-electron chi connectivity index (χ3n) is 4.51. The van der Waals surface area contributed by atoms with Gasteiger partial charge in [-0.15, -0.1) is 0 Å². The van der Waals surface area contributed by atoms with Gasteiger partial charge in [-0.2, -0.15) is 0 Å². The summed E-state index contributed by atoms with van der Waals surface area (Å²) in [5.41, 5.74) is 2.20. The predicted molar refractivity (Wildman–Crippen MR) is 142 cm³/mol. The number of benzene rings is 2. The molecule has 0 fully saturated rings. The Bertz CT molecular complexity index is 1330. The van der Waals surface area contributed by atoms with E-state index < -0.39 is 15.9 Å². The molecular weight excluding hydrogens is 554 g/mol. The zero-order valence-electron chi connectivity index (χ0n) is 19.3. The van der Waals surface area contributed by atoms with Crippen LogP contribution in [0.5, 0.6) is 5.75 Å². The maximum atomic E-state index is 12.7. The fraction of sp³-hybridized carbons (Fsp3) is 0.217. The number of sulfonamides is 1. The van der Waals surface area contributed by atoms with Crippen molar-refractivity contribution < 1.29 is 17.9 Å². The summed E-state index contributed by atoms with van der Waals surface area (Å²) in [6, 6.07) is 12.6. The highest BCUT2D eigenvalue weighted by molar-refractivity contribution is 9.10. The number of nitrogens with zero attached hydrogens (tertiary/aromatic N) is 2. The smallest absolute Gasteiger partial charge is 0.264 e. The molecule has 0 bridgehead atoms. The molecule has 3 aromatic rings. The van der Waals surface area contributed by atoms with E-state index in [1.165, 1.54) is 24.3 Å². The Balaban J connectivity index is 1.61. The fourth-order valence-corrected chi connectivity index (χ4v) is 4.62. The topological polar surface area (TPSA) is 122 Å². The van der Waals surface area contributed by atoms with E-state index in [4.69, 9.17) is 17.0 Å². The molecule has 0 unspecified atom stereocenters. The molecule has 0 saturated carbocycles. The monoisotopic (exact) mass is 577 g/mol. The number of aromatic nitrogens is 2. The molecular formula is C23H24BrN5O4S2. The number of rotatable bonds is 8. The van der Waals surface area contributed by atoms with Gasteiger partial charge >= 0.3 is 0 Å². The van der Waals surface area contributed by atoms with Crippen LogP contribution in [0.1, 0.15) is 35.1 Å². The van der Waals surface area contributed by atoms with Gasteiger partial charge in [0.2, 0.25) is 5.95 Å². The Morgan fingerprint density at radius 3 is 2.31 bits per heavy atom. The number of ether oxygens (including phenoxy) is 1. The molecule has 0 aliphatic heterocycles. The minimum atomic E-state index is -3.88. The molecule has 0 aliphatic rings. The van der Waals surface area contributed by atoms with E-state index >= 15 is 0 Å². The summed E-state index contributed by atoms with van der Waals surface area (Å²) in [6.45, 7) is 6.09. The largest absolute Gasteiger partial charge is 0.492 e. The van der Waals surface area contributed by atoms with Crippen molar-refractivity contribution in [3.05, 3.63) is 70.0 Å². The van der Waals surface area contributed by atoms with Crippen LogP contribution >= 0.6 is 28.1 Å². The van der Waals surface area contributed by atoms with E-state index in [9.17, 15) is 13.2 Å². The van der Waals surface area contributed by atoms with Crippen LogP contribution in [0.15, 0.2) is 57.9 Å². The van der Waals surface area contributed by atoms with Gasteiger partial charge in [-0.05, 0) is 96.9 Å². The maximum Gasteiger partial charge on any atom is 0.264 e. The Kier molecular flexibility index (Phi) is 8.76. The van der Waals surface area contributed by atoms with Crippen molar-refractivity contribution >= 4 is 60.8 Å². The molecule has 1 heterocycles. The third-order valence-corrected chi connectivity index (χ3v) is 6.68. The number of hydrogen-bond acceptors (Lipinski definition) is 7. The predicted octanol–water partition coefficient (Wildman–Crippen LogP) is 4.57. The number of hydrogen-bond donors (Lipinski definition) is 3. The number of halogens is 1. The number of nitrogens with one attached hydrogen (secondary N) is 3. The van der Waals surface area contributed by atoms with E-state index in [0.717, 1.165) is 6.42 Å². The molecule has 35 heavy (non-hydrogen) atoms. The van der Waals surface area contributed by atoms with Gasteiger partial charge in [0.05, 0.1) is 16.0 Å². The number of carbonyl (C=O) groups is 1. The van der Waals surface area contributed by atoms with Gasteiger partial charge in [0.1, 0.15) is 5.75 Å². The molecule has 1 amide bonds. The summed E-state index contributed by atoms with van der Waals surface area (Å²) in [5.74, 6) is 0.255. The molecule has 1 aromatic heterocycles. The standard InChI is InChI=1S/C23H24BrN5O4S2/c1-4-11-33-20-10-5-16(13-19(20)24)21(30)28-23(34)27-17-6-8-18(9-7-17)35(31,32)29-22-25-14(2)12-15(3)26-22/h5-10,12-13H,4,11H2,1-3H3,(H,25,26,29)(H2,27,28,30,34). The molecule has 0 aliphatic carbocycles.